The van der Waals surface area contributed by atoms with Crippen molar-refractivity contribution in [2.24, 2.45) is 0 Å². The molecule has 0 fully saturated rings. The van der Waals surface area contributed by atoms with Crippen LogP contribution in [0.1, 0.15) is 16.8 Å². The van der Waals surface area contributed by atoms with Crippen LogP contribution in [0.25, 0.3) is 0 Å². The van der Waals surface area contributed by atoms with Crippen molar-refractivity contribution in [3.05, 3.63) is 44.1 Å². The van der Waals surface area contributed by atoms with Crippen molar-refractivity contribution in [3.8, 4) is 17.2 Å². The van der Waals surface area contributed by atoms with E-state index < -0.39 is 0 Å². The molecule has 0 saturated carbocycles. The van der Waals surface area contributed by atoms with E-state index >= 15 is 0 Å². The van der Waals surface area contributed by atoms with E-state index in [0.717, 1.165) is 16.8 Å². The first-order valence-electron chi connectivity index (χ1n) is 7.13. The average Bonchev–Trinajstić information content (AvgIpc) is 2.50. The lowest BCUT2D eigenvalue weighted by molar-refractivity contribution is 0.239. The Hall–Kier alpha value is -2.32. The second-order valence-electron chi connectivity index (χ2n) is 5.49. The molecule has 4 N–H and O–H groups in total. The summed E-state index contributed by atoms with van der Waals surface area (Å²) in [6.07, 6.45) is 0.623. The maximum atomic E-state index is 11.9. The van der Waals surface area contributed by atoms with E-state index in [0.29, 0.717) is 30.8 Å². The Kier molecular flexibility index (Phi) is 4.10. The Morgan fingerprint density at radius 3 is 2.87 bits per heavy atom. The zero-order valence-electron chi connectivity index (χ0n) is 12.5. The molecule has 0 saturated heterocycles. The molecule has 1 aliphatic rings. The van der Waals surface area contributed by atoms with Gasteiger partial charge in [-0.05, 0) is 36.3 Å². The molecule has 1 aromatic heterocycles. The molecule has 8 heteroatoms. The molecule has 0 atom stereocenters. The summed E-state index contributed by atoms with van der Waals surface area (Å²) in [6.45, 7) is 1.83. The average molecular weight is 335 g/mol. The van der Waals surface area contributed by atoms with Crippen molar-refractivity contribution in [3.63, 3.8) is 0 Å². The van der Waals surface area contributed by atoms with E-state index in [1.807, 2.05) is 0 Å². The van der Waals surface area contributed by atoms with Gasteiger partial charge >= 0.3 is 0 Å². The van der Waals surface area contributed by atoms with E-state index in [-0.39, 0.29) is 22.8 Å². The van der Waals surface area contributed by atoms with Crippen LogP contribution in [0.2, 0.25) is 0 Å². The maximum absolute atomic E-state index is 11.9. The normalized spacial score (nSPS) is 14.5. The molecule has 0 amide bonds. The summed E-state index contributed by atoms with van der Waals surface area (Å²) in [6, 6.07) is 3.19. The lowest BCUT2D eigenvalue weighted by Crippen LogP contribution is -2.34. The van der Waals surface area contributed by atoms with Crippen molar-refractivity contribution in [1.82, 2.24) is 14.9 Å². The number of benzene rings is 1. The summed E-state index contributed by atoms with van der Waals surface area (Å²) < 4.78 is 5.37. The number of hydrogen-bond donors (Lipinski definition) is 4. The number of phenols is 2. The van der Waals surface area contributed by atoms with Gasteiger partial charge in [0.05, 0.1) is 7.11 Å². The van der Waals surface area contributed by atoms with Crippen LogP contribution in [0.15, 0.2) is 16.9 Å². The van der Waals surface area contributed by atoms with Gasteiger partial charge in [0, 0.05) is 30.9 Å². The maximum Gasteiger partial charge on any atom is 0.255 e. The fraction of sp³-hybridized carbons (Fsp3) is 0.333. The van der Waals surface area contributed by atoms with Crippen molar-refractivity contribution in [1.29, 1.82) is 0 Å². The van der Waals surface area contributed by atoms with Gasteiger partial charge in [0.2, 0.25) is 5.75 Å². The standard InChI is InChI=1S/C15H17N3O4S/c1-22-12-5-8(4-11(19)13(12)20)6-18-3-2-9-10(7-18)16-15(23)17-14(9)21/h4-5,19-20H,2-3,6-7H2,1H3,(H2,16,17,21,23). The molecule has 0 unspecified atom stereocenters. The Morgan fingerprint density at radius 1 is 1.35 bits per heavy atom. The van der Waals surface area contributed by atoms with Crippen LogP contribution in [0.3, 0.4) is 0 Å². The highest BCUT2D eigenvalue weighted by Gasteiger charge is 2.20. The zero-order chi connectivity index (χ0) is 16.6. The summed E-state index contributed by atoms with van der Waals surface area (Å²) in [5.74, 6) is -0.253. The Morgan fingerprint density at radius 2 is 2.13 bits per heavy atom. The Labute approximate surface area is 137 Å². The fourth-order valence-electron chi connectivity index (χ4n) is 2.82. The van der Waals surface area contributed by atoms with Crippen LogP contribution in [0, 0.1) is 4.77 Å². The summed E-state index contributed by atoms with van der Waals surface area (Å²) in [4.78, 5) is 19.6. The highest BCUT2D eigenvalue weighted by Crippen LogP contribution is 2.36. The van der Waals surface area contributed by atoms with Gasteiger partial charge in [-0.1, -0.05) is 0 Å². The van der Waals surface area contributed by atoms with Gasteiger partial charge in [-0.3, -0.25) is 14.7 Å². The van der Waals surface area contributed by atoms with E-state index in [4.69, 9.17) is 17.0 Å². The molecule has 2 aromatic rings. The van der Waals surface area contributed by atoms with Gasteiger partial charge in [-0.25, -0.2) is 0 Å². The van der Waals surface area contributed by atoms with Crippen molar-refractivity contribution in [2.75, 3.05) is 13.7 Å². The van der Waals surface area contributed by atoms with Crippen LogP contribution in [0.5, 0.6) is 17.2 Å². The Balaban J connectivity index is 1.84. The third kappa shape index (κ3) is 3.08. The number of phenolic OH excluding ortho intramolecular Hbond substituents is 2. The first-order valence-corrected chi connectivity index (χ1v) is 7.54. The summed E-state index contributed by atoms with van der Waals surface area (Å²) in [5, 5.41) is 19.4. The number of aromatic nitrogens is 2. The minimum atomic E-state index is -0.268. The SMILES string of the molecule is COc1cc(CN2CCc3c([nH]c(=S)[nH]c3=O)C2)cc(O)c1O. The molecule has 7 nitrogen and oxygen atoms in total. The third-order valence-corrected chi connectivity index (χ3v) is 4.13. The van der Waals surface area contributed by atoms with Gasteiger partial charge in [-0.15, -0.1) is 0 Å². The van der Waals surface area contributed by atoms with Crippen LogP contribution in [-0.4, -0.2) is 38.7 Å². The number of nitrogens with zero attached hydrogens (tertiary/aromatic N) is 1. The van der Waals surface area contributed by atoms with Crippen molar-refractivity contribution >= 4 is 12.2 Å². The number of hydrogen-bond acceptors (Lipinski definition) is 6. The first kappa shape index (κ1) is 15.6. The van der Waals surface area contributed by atoms with E-state index in [2.05, 4.69) is 14.9 Å². The predicted molar refractivity (Wildman–Crippen MR) is 86.4 cm³/mol. The van der Waals surface area contributed by atoms with Gasteiger partial charge < -0.3 is 19.9 Å². The molecule has 3 rings (SSSR count). The number of rotatable bonds is 3. The number of aromatic amines is 2. The lowest BCUT2D eigenvalue weighted by Gasteiger charge is -2.28. The molecule has 2 heterocycles. The zero-order valence-corrected chi connectivity index (χ0v) is 13.4. The fourth-order valence-corrected chi connectivity index (χ4v) is 3.04. The number of nitrogens with one attached hydrogen (secondary N) is 2. The Bertz CT molecular complexity index is 859. The van der Waals surface area contributed by atoms with Gasteiger partial charge in [0.25, 0.3) is 5.56 Å². The third-order valence-electron chi connectivity index (χ3n) is 3.93. The van der Waals surface area contributed by atoms with Crippen LogP contribution < -0.4 is 10.3 Å². The predicted octanol–water partition coefficient (Wildman–Crippen LogP) is 1.41. The molecular formula is C15H17N3O4S. The van der Waals surface area contributed by atoms with Crippen LogP contribution >= 0.6 is 12.2 Å². The van der Waals surface area contributed by atoms with Gasteiger partial charge in [-0.2, -0.15) is 0 Å². The van der Waals surface area contributed by atoms with E-state index in [1.54, 1.807) is 6.07 Å². The number of H-pyrrole nitrogens is 2. The number of fused-ring (bicyclic) bond motifs is 1. The highest BCUT2D eigenvalue weighted by molar-refractivity contribution is 7.71. The molecule has 1 aliphatic heterocycles. The minimum Gasteiger partial charge on any atom is -0.504 e. The summed E-state index contributed by atoms with van der Waals surface area (Å²) in [7, 11) is 1.43. The number of ether oxygens (including phenoxy) is 1. The molecule has 122 valence electrons. The highest BCUT2D eigenvalue weighted by atomic mass is 32.1. The molecule has 0 radical (unpaired) electrons. The molecule has 0 spiro atoms. The van der Waals surface area contributed by atoms with Crippen LogP contribution in [0.4, 0.5) is 0 Å². The second-order valence-corrected chi connectivity index (χ2v) is 5.90. The van der Waals surface area contributed by atoms with E-state index in [1.165, 1.54) is 13.2 Å². The lowest BCUT2D eigenvalue weighted by atomic mass is 10.1. The minimum absolute atomic E-state index is 0.132. The smallest absolute Gasteiger partial charge is 0.255 e. The van der Waals surface area contributed by atoms with Crippen molar-refractivity contribution in [2.45, 2.75) is 19.5 Å². The molecule has 1 aromatic carbocycles. The first-order chi connectivity index (χ1) is 11.0. The molecular weight excluding hydrogens is 318 g/mol. The summed E-state index contributed by atoms with van der Waals surface area (Å²) in [5.41, 5.74) is 2.23. The topological polar surface area (TPSA) is 102 Å². The second kappa shape index (κ2) is 6.05. The quantitative estimate of drug-likeness (QED) is 0.500. The van der Waals surface area contributed by atoms with Gasteiger partial charge in [0.15, 0.2) is 16.3 Å². The monoisotopic (exact) mass is 335 g/mol. The van der Waals surface area contributed by atoms with Gasteiger partial charge in [0.1, 0.15) is 0 Å². The van der Waals surface area contributed by atoms with Crippen LogP contribution in [-0.2, 0) is 19.5 Å². The van der Waals surface area contributed by atoms with Crippen molar-refractivity contribution < 1.29 is 14.9 Å². The molecule has 23 heavy (non-hydrogen) atoms. The number of methoxy groups -OCH3 is 1. The number of aromatic hydroxyl groups is 2. The largest absolute Gasteiger partial charge is 0.504 e. The molecule has 0 aliphatic carbocycles. The summed E-state index contributed by atoms with van der Waals surface area (Å²) >= 11 is 5.01. The molecule has 0 bridgehead atoms. The van der Waals surface area contributed by atoms with E-state index in [9.17, 15) is 15.0 Å².